The Morgan fingerprint density at radius 1 is 0.885 bits per heavy atom. The Labute approximate surface area is 169 Å². The second kappa shape index (κ2) is 19.2. The SMILES string of the molecule is CCCCCCCC/C=C\CCCCCCC(C(=O)N(C)C)C(C)O.Cl. The first-order chi connectivity index (χ1) is 12.0. The zero-order valence-electron chi connectivity index (χ0n) is 17.7. The second-order valence-electron chi connectivity index (χ2n) is 7.60. The standard InChI is InChI=1S/C22H43NO2.ClH/c1-5-6-7-8-9-10-11-12-13-14-15-16-17-18-19-21(20(2)24)22(25)23(3)4;/h12-13,20-21,24H,5-11,14-19H2,1-4H3;1H/b13-12-;. The van der Waals surface area contributed by atoms with Crippen LogP contribution in [0.25, 0.3) is 0 Å². The highest BCUT2D eigenvalue weighted by Gasteiger charge is 2.24. The van der Waals surface area contributed by atoms with Gasteiger partial charge < -0.3 is 10.0 Å². The predicted molar refractivity (Wildman–Crippen MR) is 116 cm³/mol. The van der Waals surface area contributed by atoms with Gasteiger partial charge in [0.2, 0.25) is 5.91 Å². The minimum Gasteiger partial charge on any atom is -0.393 e. The normalized spacial score (nSPS) is 13.4. The number of carbonyl (C=O) groups excluding carboxylic acids is 1. The number of hydrogen-bond donors (Lipinski definition) is 1. The first-order valence-electron chi connectivity index (χ1n) is 10.5. The number of halogens is 1. The van der Waals surface area contributed by atoms with Crippen molar-refractivity contribution in [2.75, 3.05) is 14.1 Å². The van der Waals surface area contributed by atoms with Crippen molar-refractivity contribution in [1.82, 2.24) is 4.90 Å². The number of aliphatic hydroxyl groups excluding tert-OH is 1. The molecule has 1 N–H and O–H groups in total. The van der Waals surface area contributed by atoms with E-state index >= 15 is 0 Å². The number of unbranched alkanes of at least 4 members (excludes halogenated alkanes) is 10. The minimum atomic E-state index is -0.556. The predicted octanol–water partition coefficient (Wildman–Crippen LogP) is 6.14. The number of hydrogen-bond acceptors (Lipinski definition) is 2. The van der Waals surface area contributed by atoms with Gasteiger partial charge in [-0.05, 0) is 39.0 Å². The van der Waals surface area contributed by atoms with Crippen LogP contribution in [0.4, 0.5) is 0 Å². The van der Waals surface area contributed by atoms with Crippen molar-refractivity contribution < 1.29 is 9.90 Å². The van der Waals surface area contributed by atoms with Gasteiger partial charge in [0.1, 0.15) is 0 Å². The van der Waals surface area contributed by atoms with Crippen LogP contribution in [-0.4, -0.2) is 36.1 Å². The molecule has 0 radical (unpaired) electrons. The molecule has 0 aliphatic heterocycles. The molecule has 3 nitrogen and oxygen atoms in total. The summed E-state index contributed by atoms with van der Waals surface area (Å²) in [6.07, 6.45) is 20.2. The van der Waals surface area contributed by atoms with E-state index in [1.165, 1.54) is 64.2 Å². The van der Waals surface area contributed by atoms with Gasteiger partial charge in [-0.1, -0.05) is 70.4 Å². The summed E-state index contributed by atoms with van der Waals surface area (Å²) in [6.45, 7) is 3.98. The number of carbonyl (C=O) groups is 1. The lowest BCUT2D eigenvalue weighted by atomic mass is 9.94. The van der Waals surface area contributed by atoms with E-state index in [9.17, 15) is 9.90 Å². The van der Waals surface area contributed by atoms with Crippen LogP contribution in [0.3, 0.4) is 0 Å². The molecular weight excluding hydrogens is 346 g/mol. The van der Waals surface area contributed by atoms with Crippen LogP contribution in [-0.2, 0) is 4.79 Å². The quantitative estimate of drug-likeness (QED) is 0.254. The third-order valence-corrected chi connectivity index (χ3v) is 4.87. The van der Waals surface area contributed by atoms with Crippen molar-refractivity contribution in [1.29, 1.82) is 0 Å². The molecule has 0 aromatic carbocycles. The van der Waals surface area contributed by atoms with Gasteiger partial charge in [-0.15, -0.1) is 12.4 Å². The first kappa shape index (κ1) is 27.7. The molecule has 0 saturated heterocycles. The molecule has 0 bridgehead atoms. The molecule has 2 unspecified atom stereocenters. The molecule has 0 aliphatic carbocycles. The Morgan fingerprint density at radius 2 is 1.35 bits per heavy atom. The van der Waals surface area contributed by atoms with Crippen LogP contribution in [0, 0.1) is 5.92 Å². The van der Waals surface area contributed by atoms with Crippen molar-refractivity contribution in [3.8, 4) is 0 Å². The monoisotopic (exact) mass is 389 g/mol. The van der Waals surface area contributed by atoms with E-state index in [1.54, 1.807) is 25.9 Å². The van der Waals surface area contributed by atoms with Crippen LogP contribution < -0.4 is 0 Å². The van der Waals surface area contributed by atoms with Crippen LogP contribution in [0.1, 0.15) is 97.3 Å². The molecule has 0 spiro atoms. The molecule has 0 heterocycles. The minimum absolute atomic E-state index is 0. The number of aliphatic hydroxyl groups is 1. The van der Waals surface area contributed by atoms with E-state index in [4.69, 9.17) is 0 Å². The summed E-state index contributed by atoms with van der Waals surface area (Å²) in [5.41, 5.74) is 0. The molecule has 0 aliphatic rings. The van der Waals surface area contributed by atoms with Gasteiger partial charge in [0.05, 0.1) is 12.0 Å². The Balaban J connectivity index is 0. The van der Waals surface area contributed by atoms with Crippen LogP contribution in [0.5, 0.6) is 0 Å². The molecule has 0 fully saturated rings. The maximum absolute atomic E-state index is 12.0. The summed E-state index contributed by atoms with van der Waals surface area (Å²) in [5.74, 6) is -0.195. The molecule has 0 saturated carbocycles. The maximum Gasteiger partial charge on any atom is 0.227 e. The highest BCUT2D eigenvalue weighted by atomic mass is 35.5. The summed E-state index contributed by atoms with van der Waals surface area (Å²) in [4.78, 5) is 13.6. The summed E-state index contributed by atoms with van der Waals surface area (Å²) in [5, 5.41) is 9.78. The van der Waals surface area contributed by atoms with E-state index < -0.39 is 6.10 Å². The molecule has 0 aromatic heterocycles. The molecule has 0 rings (SSSR count). The van der Waals surface area contributed by atoms with Gasteiger partial charge in [0.15, 0.2) is 0 Å². The Morgan fingerprint density at radius 3 is 1.81 bits per heavy atom. The number of nitrogens with zero attached hydrogens (tertiary/aromatic N) is 1. The molecule has 0 aromatic rings. The lowest BCUT2D eigenvalue weighted by molar-refractivity contribution is -0.136. The molecular formula is C22H44ClNO2. The topological polar surface area (TPSA) is 40.5 Å². The zero-order chi connectivity index (χ0) is 18.9. The van der Waals surface area contributed by atoms with Crippen LogP contribution in [0.15, 0.2) is 12.2 Å². The fraction of sp³-hybridized carbons (Fsp3) is 0.864. The van der Waals surface area contributed by atoms with Gasteiger partial charge in [0, 0.05) is 14.1 Å². The van der Waals surface area contributed by atoms with E-state index in [1.807, 2.05) is 0 Å². The average molecular weight is 390 g/mol. The van der Waals surface area contributed by atoms with E-state index in [0.29, 0.717) is 0 Å². The summed E-state index contributed by atoms with van der Waals surface area (Å²) in [6, 6.07) is 0. The van der Waals surface area contributed by atoms with Crippen molar-refractivity contribution in [3.05, 3.63) is 12.2 Å². The molecule has 1 amide bonds. The lowest BCUT2D eigenvalue weighted by Gasteiger charge is -2.22. The van der Waals surface area contributed by atoms with Gasteiger partial charge >= 0.3 is 0 Å². The summed E-state index contributed by atoms with van der Waals surface area (Å²) < 4.78 is 0. The number of rotatable bonds is 16. The second-order valence-corrected chi connectivity index (χ2v) is 7.60. The average Bonchev–Trinajstić information content (AvgIpc) is 2.57. The third-order valence-electron chi connectivity index (χ3n) is 4.87. The Bertz CT molecular complexity index is 343. The smallest absolute Gasteiger partial charge is 0.227 e. The molecule has 156 valence electrons. The van der Waals surface area contributed by atoms with Crippen molar-refractivity contribution in [2.24, 2.45) is 5.92 Å². The Hall–Kier alpha value is -0.540. The van der Waals surface area contributed by atoms with E-state index in [0.717, 1.165) is 19.3 Å². The van der Waals surface area contributed by atoms with Crippen molar-refractivity contribution in [3.63, 3.8) is 0 Å². The zero-order valence-corrected chi connectivity index (χ0v) is 18.5. The first-order valence-corrected chi connectivity index (χ1v) is 10.5. The van der Waals surface area contributed by atoms with Gasteiger partial charge in [-0.25, -0.2) is 0 Å². The Kier molecular flexibility index (Phi) is 20.5. The molecule has 4 heteroatoms. The highest BCUT2D eigenvalue weighted by Crippen LogP contribution is 2.17. The van der Waals surface area contributed by atoms with Gasteiger partial charge in [-0.2, -0.15) is 0 Å². The van der Waals surface area contributed by atoms with Gasteiger partial charge in [0.25, 0.3) is 0 Å². The number of amides is 1. The fourth-order valence-electron chi connectivity index (χ4n) is 3.16. The maximum atomic E-state index is 12.0. The molecule has 2 atom stereocenters. The summed E-state index contributed by atoms with van der Waals surface area (Å²) >= 11 is 0. The molecule has 26 heavy (non-hydrogen) atoms. The van der Waals surface area contributed by atoms with Gasteiger partial charge in [-0.3, -0.25) is 4.79 Å². The number of allylic oxidation sites excluding steroid dienone is 2. The fourth-order valence-corrected chi connectivity index (χ4v) is 3.16. The van der Waals surface area contributed by atoms with E-state index in [-0.39, 0.29) is 24.2 Å². The summed E-state index contributed by atoms with van der Waals surface area (Å²) in [7, 11) is 3.52. The van der Waals surface area contributed by atoms with Crippen molar-refractivity contribution >= 4 is 18.3 Å². The highest BCUT2D eigenvalue weighted by molar-refractivity contribution is 5.85. The van der Waals surface area contributed by atoms with Crippen LogP contribution in [0.2, 0.25) is 0 Å². The van der Waals surface area contributed by atoms with Crippen molar-refractivity contribution in [2.45, 2.75) is 103 Å². The largest absolute Gasteiger partial charge is 0.393 e. The van der Waals surface area contributed by atoms with Crippen LogP contribution >= 0.6 is 12.4 Å². The lowest BCUT2D eigenvalue weighted by Crippen LogP contribution is -2.35. The third kappa shape index (κ3) is 15.7. The van der Waals surface area contributed by atoms with E-state index in [2.05, 4.69) is 19.1 Å².